The molecule has 4 nitrogen and oxygen atoms in total. The first-order chi connectivity index (χ1) is 6.33. The van der Waals surface area contributed by atoms with Gasteiger partial charge in [-0.1, -0.05) is 0 Å². The molecule has 0 aliphatic carbocycles. The smallest absolute Gasteiger partial charge is 0.157 e. The molecule has 0 atom stereocenters. The summed E-state index contributed by atoms with van der Waals surface area (Å²) in [5.41, 5.74) is 0. The Morgan fingerprint density at radius 3 is 3.08 bits per heavy atom. The van der Waals surface area contributed by atoms with Crippen LogP contribution in [0.4, 0.5) is 0 Å². The SMILES string of the molecule is Cn1cc(OCCCCC#N)cn1. The fraction of sp³-hybridized carbons (Fsp3) is 0.556. The number of nitriles is 1. The van der Waals surface area contributed by atoms with Gasteiger partial charge in [-0.05, 0) is 12.8 Å². The van der Waals surface area contributed by atoms with Crippen LogP contribution in [0.2, 0.25) is 0 Å². The summed E-state index contributed by atoms with van der Waals surface area (Å²) >= 11 is 0. The largest absolute Gasteiger partial charge is 0.490 e. The molecule has 0 unspecified atom stereocenters. The monoisotopic (exact) mass is 179 g/mol. The molecule has 0 N–H and O–H groups in total. The second-order valence-corrected chi connectivity index (χ2v) is 2.81. The van der Waals surface area contributed by atoms with Gasteiger partial charge >= 0.3 is 0 Å². The van der Waals surface area contributed by atoms with Gasteiger partial charge in [0.15, 0.2) is 5.75 Å². The van der Waals surface area contributed by atoms with E-state index in [9.17, 15) is 0 Å². The van der Waals surface area contributed by atoms with Crippen molar-refractivity contribution in [1.82, 2.24) is 9.78 Å². The average molecular weight is 179 g/mol. The van der Waals surface area contributed by atoms with Crippen molar-refractivity contribution in [3.8, 4) is 11.8 Å². The topological polar surface area (TPSA) is 50.8 Å². The van der Waals surface area contributed by atoms with Gasteiger partial charge in [0.2, 0.25) is 0 Å². The van der Waals surface area contributed by atoms with E-state index in [-0.39, 0.29) is 0 Å². The van der Waals surface area contributed by atoms with Gasteiger partial charge in [-0.3, -0.25) is 4.68 Å². The van der Waals surface area contributed by atoms with E-state index in [4.69, 9.17) is 10.00 Å². The van der Waals surface area contributed by atoms with Crippen LogP contribution in [0.25, 0.3) is 0 Å². The molecule has 13 heavy (non-hydrogen) atoms. The van der Waals surface area contributed by atoms with Crippen LogP contribution in [0.15, 0.2) is 12.4 Å². The first-order valence-corrected chi connectivity index (χ1v) is 4.31. The zero-order valence-corrected chi connectivity index (χ0v) is 7.73. The van der Waals surface area contributed by atoms with Crippen molar-refractivity contribution in [2.24, 2.45) is 7.05 Å². The lowest BCUT2D eigenvalue weighted by Gasteiger charge is -2.00. The standard InChI is InChI=1S/C9H13N3O/c1-12-8-9(7-11-12)13-6-4-2-3-5-10/h7-8H,2-4,6H2,1H3. The van der Waals surface area contributed by atoms with Crippen molar-refractivity contribution in [2.75, 3.05) is 6.61 Å². The molecule has 0 radical (unpaired) electrons. The summed E-state index contributed by atoms with van der Waals surface area (Å²) in [6.45, 7) is 0.660. The van der Waals surface area contributed by atoms with Crippen LogP contribution in [0.5, 0.6) is 5.75 Å². The Bertz CT molecular complexity index is 287. The van der Waals surface area contributed by atoms with E-state index in [1.54, 1.807) is 10.9 Å². The summed E-state index contributed by atoms with van der Waals surface area (Å²) < 4.78 is 7.08. The predicted octanol–water partition coefficient (Wildman–Crippen LogP) is 1.49. The maximum absolute atomic E-state index is 8.28. The lowest BCUT2D eigenvalue weighted by molar-refractivity contribution is 0.307. The second-order valence-electron chi connectivity index (χ2n) is 2.81. The van der Waals surface area contributed by atoms with Gasteiger partial charge in [-0.2, -0.15) is 10.4 Å². The van der Waals surface area contributed by atoms with Crippen molar-refractivity contribution in [2.45, 2.75) is 19.3 Å². The van der Waals surface area contributed by atoms with Crippen LogP contribution >= 0.6 is 0 Å². The van der Waals surface area contributed by atoms with Gasteiger partial charge in [0.1, 0.15) is 0 Å². The lowest BCUT2D eigenvalue weighted by Crippen LogP contribution is -1.95. The maximum Gasteiger partial charge on any atom is 0.157 e. The minimum Gasteiger partial charge on any atom is -0.490 e. The molecule has 0 aliphatic rings. The summed E-state index contributed by atoms with van der Waals surface area (Å²) in [6.07, 6.45) is 5.93. The predicted molar refractivity (Wildman–Crippen MR) is 48.2 cm³/mol. The van der Waals surface area contributed by atoms with E-state index < -0.39 is 0 Å². The Kier molecular flexibility index (Phi) is 3.83. The molecule has 0 fully saturated rings. The van der Waals surface area contributed by atoms with Crippen molar-refractivity contribution in [3.63, 3.8) is 0 Å². The van der Waals surface area contributed by atoms with Gasteiger partial charge in [0.25, 0.3) is 0 Å². The third kappa shape index (κ3) is 3.61. The number of ether oxygens (including phenoxy) is 1. The van der Waals surface area contributed by atoms with E-state index >= 15 is 0 Å². The molecule has 70 valence electrons. The van der Waals surface area contributed by atoms with E-state index in [0.717, 1.165) is 18.6 Å². The summed E-state index contributed by atoms with van der Waals surface area (Å²) in [4.78, 5) is 0. The number of aryl methyl sites for hydroxylation is 1. The molecular weight excluding hydrogens is 166 g/mol. The lowest BCUT2D eigenvalue weighted by atomic mass is 10.3. The minimum absolute atomic E-state index is 0.608. The van der Waals surface area contributed by atoms with Gasteiger partial charge in [-0.25, -0.2) is 0 Å². The van der Waals surface area contributed by atoms with Crippen molar-refractivity contribution in [1.29, 1.82) is 5.26 Å². The quantitative estimate of drug-likeness (QED) is 0.643. The molecule has 0 amide bonds. The number of rotatable bonds is 5. The second kappa shape index (κ2) is 5.20. The van der Waals surface area contributed by atoms with Crippen molar-refractivity contribution < 1.29 is 4.74 Å². The van der Waals surface area contributed by atoms with Crippen LogP contribution in [0.1, 0.15) is 19.3 Å². The number of unbranched alkanes of at least 4 members (excludes halogenated alkanes) is 2. The maximum atomic E-state index is 8.28. The van der Waals surface area contributed by atoms with E-state index in [2.05, 4.69) is 11.2 Å². The zero-order chi connectivity index (χ0) is 9.52. The molecule has 0 aliphatic heterocycles. The molecule has 1 rings (SSSR count). The highest BCUT2D eigenvalue weighted by Gasteiger charge is 1.95. The number of hydrogen-bond acceptors (Lipinski definition) is 3. The van der Waals surface area contributed by atoms with Crippen LogP contribution in [0, 0.1) is 11.3 Å². The summed E-state index contributed by atoms with van der Waals surface area (Å²) in [7, 11) is 1.85. The fourth-order valence-electron chi connectivity index (χ4n) is 0.969. The number of hydrogen-bond donors (Lipinski definition) is 0. The molecule has 1 aromatic heterocycles. The molecule has 0 saturated heterocycles. The van der Waals surface area contributed by atoms with E-state index in [1.807, 2.05) is 13.2 Å². The number of aromatic nitrogens is 2. The van der Waals surface area contributed by atoms with Crippen molar-refractivity contribution in [3.05, 3.63) is 12.4 Å². The summed E-state index contributed by atoms with van der Waals surface area (Å²) in [5.74, 6) is 0.791. The molecule has 0 bridgehead atoms. The highest BCUT2D eigenvalue weighted by Crippen LogP contribution is 2.07. The Morgan fingerprint density at radius 2 is 2.46 bits per heavy atom. The van der Waals surface area contributed by atoms with E-state index in [0.29, 0.717) is 13.0 Å². The first kappa shape index (κ1) is 9.59. The molecule has 0 saturated carbocycles. The van der Waals surface area contributed by atoms with Crippen LogP contribution in [-0.2, 0) is 7.05 Å². The molecule has 1 heterocycles. The highest BCUT2D eigenvalue weighted by molar-refractivity contribution is 5.10. The number of nitrogens with zero attached hydrogens (tertiary/aromatic N) is 3. The van der Waals surface area contributed by atoms with Crippen LogP contribution < -0.4 is 4.74 Å². The highest BCUT2D eigenvalue weighted by atomic mass is 16.5. The molecule has 0 aromatic carbocycles. The Balaban J connectivity index is 2.10. The Morgan fingerprint density at radius 1 is 1.62 bits per heavy atom. The van der Waals surface area contributed by atoms with Gasteiger partial charge < -0.3 is 4.74 Å². The van der Waals surface area contributed by atoms with Gasteiger partial charge in [0, 0.05) is 13.5 Å². The molecule has 1 aromatic rings. The average Bonchev–Trinajstić information content (AvgIpc) is 2.51. The van der Waals surface area contributed by atoms with Crippen LogP contribution in [-0.4, -0.2) is 16.4 Å². The Hall–Kier alpha value is -1.50. The third-order valence-electron chi connectivity index (χ3n) is 1.63. The molecule has 0 spiro atoms. The molecular formula is C9H13N3O. The fourth-order valence-corrected chi connectivity index (χ4v) is 0.969. The van der Waals surface area contributed by atoms with E-state index in [1.165, 1.54) is 0 Å². The van der Waals surface area contributed by atoms with Crippen molar-refractivity contribution >= 4 is 0 Å². The summed E-state index contributed by atoms with van der Waals surface area (Å²) in [6, 6.07) is 2.10. The molecule has 4 heteroatoms. The third-order valence-corrected chi connectivity index (χ3v) is 1.63. The summed E-state index contributed by atoms with van der Waals surface area (Å²) in [5, 5.41) is 12.3. The Labute approximate surface area is 77.7 Å². The van der Waals surface area contributed by atoms with Crippen LogP contribution in [0.3, 0.4) is 0 Å². The minimum atomic E-state index is 0.608. The van der Waals surface area contributed by atoms with Gasteiger partial charge in [0.05, 0.1) is 25.1 Å². The van der Waals surface area contributed by atoms with Gasteiger partial charge in [-0.15, -0.1) is 0 Å². The normalized spacial score (nSPS) is 9.54. The zero-order valence-electron chi connectivity index (χ0n) is 7.73. The first-order valence-electron chi connectivity index (χ1n) is 4.31.